The Morgan fingerprint density at radius 3 is 2.33 bits per heavy atom. The van der Waals surface area contributed by atoms with Gasteiger partial charge < -0.3 is 15.4 Å². The van der Waals surface area contributed by atoms with Crippen molar-refractivity contribution < 1.29 is 17.9 Å². The highest BCUT2D eigenvalue weighted by Crippen LogP contribution is 2.16. The fourth-order valence-corrected chi connectivity index (χ4v) is 2.84. The number of nitrogens with one attached hydrogen (secondary N) is 2. The molecule has 1 aromatic heterocycles. The van der Waals surface area contributed by atoms with Crippen molar-refractivity contribution in [1.29, 1.82) is 0 Å². The van der Waals surface area contributed by atoms with Gasteiger partial charge in [0, 0.05) is 24.7 Å². The molecular weight excluding hydrogens is 492 g/mol. The minimum absolute atomic E-state index is 0. The number of nitrogens with zero attached hydrogens (tertiary/aromatic N) is 2. The summed E-state index contributed by atoms with van der Waals surface area (Å²) in [7, 11) is 1.69. The van der Waals surface area contributed by atoms with E-state index in [9.17, 15) is 13.2 Å². The molecule has 1 aromatic carbocycles. The van der Waals surface area contributed by atoms with E-state index in [0.717, 1.165) is 15.4 Å². The fraction of sp³-hybridized carbons (Fsp3) is 0.412. The molecule has 0 amide bonds. The molecule has 0 fully saturated rings. The van der Waals surface area contributed by atoms with E-state index in [-0.39, 0.29) is 30.6 Å². The third-order valence-electron chi connectivity index (χ3n) is 3.34. The largest absolute Gasteiger partial charge is 0.411 e. The summed E-state index contributed by atoms with van der Waals surface area (Å²) < 4.78 is 40.8. The lowest BCUT2D eigenvalue weighted by molar-refractivity contribution is -0.176. The van der Waals surface area contributed by atoms with Gasteiger partial charge in [-0.25, -0.2) is 4.98 Å². The molecule has 10 heteroatoms. The van der Waals surface area contributed by atoms with E-state index in [2.05, 4.69) is 25.3 Å². The number of hydrogen-bond acceptors (Lipinski definition) is 4. The molecule has 0 atom stereocenters. The first-order valence-electron chi connectivity index (χ1n) is 7.94. The summed E-state index contributed by atoms with van der Waals surface area (Å²) in [6.45, 7) is 1.84. The maximum atomic E-state index is 12.1. The number of alkyl halides is 3. The van der Waals surface area contributed by atoms with E-state index < -0.39 is 12.8 Å². The van der Waals surface area contributed by atoms with E-state index >= 15 is 0 Å². The standard InChI is InChI=1S/C17H21F3N4OS.HI/c1-12-22-8-15(26-12)9-24-16(21-2)23-7-13-3-5-14(6-4-13)10-25-11-17(18,19)20;/h3-6,8H,7,9-11H2,1-2H3,(H2,21,23,24);1H. The monoisotopic (exact) mass is 514 g/mol. The van der Waals surface area contributed by atoms with Gasteiger partial charge in [0.05, 0.1) is 18.2 Å². The third-order valence-corrected chi connectivity index (χ3v) is 4.25. The zero-order valence-corrected chi connectivity index (χ0v) is 18.1. The number of thiazole rings is 1. The van der Waals surface area contributed by atoms with Crippen LogP contribution >= 0.6 is 35.3 Å². The summed E-state index contributed by atoms with van der Waals surface area (Å²) in [5.74, 6) is 0.661. The van der Waals surface area contributed by atoms with Gasteiger partial charge in [0.1, 0.15) is 6.61 Å². The maximum absolute atomic E-state index is 12.1. The molecule has 2 aromatic rings. The van der Waals surface area contributed by atoms with Gasteiger partial charge in [-0.2, -0.15) is 13.2 Å². The normalized spacial score (nSPS) is 11.8. The first-order valence-corrected chi connectivity index (χ1v) is 8.75. The second kappa shape index (κ2) is 11.4. The molecule has 0 saturated heterocycles. The lowest BCUT2D eigenvalue weighted by Gasteiger charge is -2.12. The van der Waals surface area contributed by atoms with Gasteiger partial charge in [0.15, 0.2) is 5.96 Å². The molecular formula is C17H22F3IN4OS. The van der Waals surface area contributed by atoms with Gasteiger partial charge >= 0.3 is 6.18 Å². The number of benzene rings is 1. The Morgan fingerprint density at radius 2 is 1.78 bits per heavy atom. The zero-order chi connectivity index (χ0) is 19.0. The van der Waals surface area contributed by atoms with Gasteiger partial charge in [0.2, 0.25) is 0 Å². The van der Waals surface area contributed by atoms with Gasteiger partial charge in [-0.3, -0.25) is 4.99 Å². The molecule has 0 aliphatic rings. The molecule has 1 heterocycles. The Labute approximate surface area is 177 Å². The summed E-state index contributed by atoms with van der Waals surface area (Å²) in [6, 6.07) is 7.20. The van der Waals surface area contributed by atoms with Crippen molar-refractivity contribution in [3.05, 3.63) is 51.5 Å². The van der Waals surface area contributed by atoms with Crippen molar-refractivity contribution in [2.75, 3.05) is 13.7 Å². The van der Waals surface area contributed by atoms with Gasteiger partial charge in [0.25, 0.3) is 0 Å². The molecule has 0 unspecified atom stereocenters. The van der Waals surface area contributed by atoms with Crippen molar-refractivity contribution in [3.63, 3.8) is 0 Å². The number of aryl methyl sites for hydroxylation is 1. The number of rotatable bonds is 7. The van der Waals surface area contributed by atoms with E-state index in [1.807, 2.05) is 25.3 Å². The van der Waals surface area contributed by atoms with Crippen LogP contribution in [0.25, 0.3) is 0 Å². The van der Waals surface area contributed by atoms with Crippen LogP contribution in [0.2, 0.25) is 0 Å². The van der Waals surface area contributed by atoms with Crippen LogP contribution < -0.4 is 10.6 Å². The van der Waals surface area contributed by atoms with Crippen molar-refractivity contribution in [1.82, 2.24) is 15.6 Å². The molecule has 0 spiro atoms. The second-order valence-electron chi connectivity index (χ2n) is 5.55. The van der Waals surface area contributed by atoms with E-state index in [1.54, 1.807) is 30.5 Å². The number of halogens is 4. The van der Waals surface area contributed by atoms with Crippen LogP contribution in [-0.4, -0.2) is 30.8 Å². The van der Waals surface area contributed by atoms with Gasteiger partial charge in [-0.1, -0.05) is 24.3 Å². The second-order valence-corrected chi connectivity index (χ2v) is 6.87. The number of ether oxygens (including phenoxy) is 1. The molecule has 0 radical (unpaired) electrons. The van der Waals surface area contributed by atoms with Crippen LogP contribution in [0.15, 0.2) is 35.5 Å². The number of guanidine groups is 1. The average Bonchev–Trinajstić information content (AvgIpc) is 3.00. The summed E-state index contributed by atoms with van der Waals surface area (Å²) >= 11 is 1.63. The Kier molecular flexibility index (Phi) is 10.0. The lowest BCUT2D eigenvalue weighted by Crippen LogP contribution is -2.36. The highest BCUT2D eigenvalue weighted by atomic mass is 127. The topological polar surface area (TPSA) is 58.5 Å². The molecule has 0 saturated carbocycles. The summed E-state index contributed by atoms with van der Waals surface area (Å²) in [4.78, 5) is 9.48. The maximum Gasteiger partial charge on any atom is 0.411 e. The minimum Gasteiger partial charge on any atom is -0.367 e. The first kappa shape index (κ1) is 23.6. The predicted octanol–water partition coefficient (Wildman–Crippen LogP) is 4.01. The van der Waals surface area contributed by atoms with Crippen LogP contribution in [-0.2, 0) is 24.4 Å². The first-order chi connectivity index (χ1) is 12.4. The summed E-state index contributed by atoms with van der Waals surface area (Å²) in [6.07, 6.45) is -2.47. The fourth-order valence-electron chi connectivity index (χ4n) is 2.10. The number of aliphatic imine (C=N–C) groups is 1. The van der Waals surface area contributed by atoms with Crippen LogP contribution in [0, 0.1) is 6.92 Å². The number of hydrogen-bond donors (Lipinski definition) is 2. The van der Waals surface area contributed by atoms with Crippen LogP contribution in [0.4, 0.5) is 13.2 Å². The van der Waals surface area contributed by atoms with Crippen LogP contribution in [0.3, 0.4) is 0 Å². The molecule has 0 bridgehead atoms. The molecule has 150 valence electrons. The molecule has 2 rings (SSSR count). The predicted molar refractivity (Wildman–Crippen MR) is 111 cm³/mol. The molecule has 27 heavy (non-hydrogen) atoms. The van der Waals surface area contributed by atoms with E-state index in [1.165, 1.54) is 0 Å². The Bertz CT molecular complexity index is 720. The molecule has 5 nitrogen and oxygen atoms in total. The Balaban J connectivity index is 0.00000364. The van der Waals surface area contributed by atoms with E-state index in [4.69, 9.17) is 0 Å². The molecule has 0 aliphatic heterocycles. The van der Waals surface area contributed by atoms with Crippen molar-refractivity contribution in [2.45, 2.75) is 32.8 Å². The van der Waals surface area contributed by atoms with Crippen LogP contribution in [0.5, 0.6) is 0 Å². The molecule has 0 aliphatic carbocycles. The van der Waals surface area contributed by atoms with Gasteiger partial charge in [-0.05, 0) is 18.1 Å². The average molecular weight is 514 g/mol. The zero-order valence-electron chi connectivity index (χ0n) is 15.0. The Hall–Kier alpha value is -1.40. The SMILES string of the molecule is CN=C(NCc1ccc(COCC(F)(F)F)cc1)NCc1cnc(C)s1.I. The van der Waals surface area contributed by atoms with E-state index in [0.29, 0.717) is 24.6 Å². The smallest absolute Gasteiger partial charge is 0.367 e. The van der Waals surface area contributed by atoms with Gasteiger partial charge in [-0.15, -0.1) is 35.3 Å². The van der Waals surface area contributed by atoms with Crippen LogP contribution in [0.1, 0.15) is 21.0 Å². The number of aromatic nitrogens is 1. The summed E-state index contributed by atoms with van der Waals surface area (Å²) in [5, 5.41) is 7.41. The molecule has 2 N–H and O–H groups in total. The highest BCUT2D eigenvalue weighted by molar-refractivity contribution is 14.0. The quantitative estimate of drug-likeness (QED) is 0.333. The minimum atomic E-state index is -4.30. The van der Waals surface area contributed by atoms with Crippen molar-refractivity contribution >= 4 is 41.3 Å². The van der Waals surface area contributed by atoms with Crippen molar-refractivity contribution in [2.24, 2.45) is 4.99 Å². The lowest BCUT2D eigenvalue weighted by atomic mass is 10.1. The summed E-state index contributed by atoms with van der Waals surface area (Å²) in [5.41, 5.74) is 1.68. The third kappa shape index (κ3) is 9.38. The van der Waals surface area contributed by atoms with Crippen molar-refractivity contribution in [3.8, 4) is 0 Å². The Morgan fingerprint density at radius 1 is 1.15 bits per heavy atom. The highest BCUT2D eigenvalue weighted by Gasteiger charge is 2.27.